The Bertz CT molecular complexity index is 465. The van der Waals surface area contributed by atoms with Crippen molar-refractivity contribution >= 4 is 22.0 Å². The van der Waals surface area contributed by atoms with E-state index in [9.17, 15) is 9.90 Å². The normalized spacial score (nSPS) is 16.4. The van der Waals surface area contributed by atoms with Gasteiger partial charge in [0, 0.05) is 23.1 Å². The second-order valence-electron chi connectivity index (χ2n) is 4.43. The molecule has 1 heterocycles. The maximum Gasteiger partial charge on any atom is 0.317 e. The van der Waals surface area contributed by atoms with E-state index in [0.29, 0.717) is 32.0 Å². The third kappa shape index (κ3) is 3.61. The molecule has 1 fully saturated rings. The van der Waals surface area contributed by atoms with Crippen molar-refractivity contribution in [3.8, 4) is 5.75 Å². The van der Waals surface area contributed by atoms with Crippen molar-refractivity contribution in [2.75, 3.05) is 26.2 Å². The van der Waals surface area contributed by atoms with Gasteiger partial charge in [-0.15, -0.1) is 0 Å². The van der Waals surface area contributed by atoms with Crippen LogP contribution in [0.15, 0.2) is 22.7 Å². The third-order valence-electron chi connectivity index (χ3n) is 2.99. The summed E-state index contributed by atoms with van der Waals surface area (Å²) in [5.74, 6) is 0.643. The van der Waals surface area contributed by atoms with Gasteiger partial charge in [-0.3, -0.25) is 0 Å². The number of hydrogen-bond acceptors (Lipinski definition) is 3. The van der Waals surface area contributed by atoms with Crippen molar-refractivity contribution in [1.29, 1.82) is 0 Å². The van der Waals surface area contributed by atoms with E-state index >= 15 is 0 Å². The predicted molar refractivity (Wildman–Crippen MR) is 75.2 cm³/mol. The van der Waals surface area contributed by atoms with E-state index in [4.69, 9.17) is 4.74 Å². The quantitative estimate of drug-likeness (QED) is 0.867. The number of benzene rings is 1. The van der Waals surface area contributed by atoms with Gasteiger partial charge in [0.05, 0.1) is 12.6 Å². The molecule has 1 atom stereocenters. The molecule has 2 amide bonds. The zero-order chi connectivity index (χ0) is 13.8. The molecule has 19 heavy (non-hydrogen) atoms. The fourth-order valence-corrected chi connectivity index (χ4v) is 2.31. The Morgan fingerprint density at radius 1 is 1.58 bits per heavy atom. The average molecular weight is 329 g/mol. The molecule has 0 bridgehead atoms. The molecule has 0 aliphatic carbocycles. The number of aliphatic hydroxyl groups is 1. The summed E-state index contributed by atoms with van der Waals surface area (Å²) in [7, 11) is 0. The molecule has 1 aromatic carbocycles. The maximum absolute atomic E-state index is 11.4. The first kappa shape index (κ1) is 14.1. The van der Waals surface area contributed by atoms with Crippen LogP contribution in [0.4, 0.5) is 4.79 Å². The topological polar surface area (TPSA) is 61.8 Å². The molecule has 1 unspecified atom stereocenters. The number of carbonyl (C=O) groups excluding carboxylic acids is 1. The Morgan fingerprint density at radius 2 is 2.37 bits per heavy atom. The summed E-state index contributed by atoms with van der Waals surface area (Å²) in [5.41, 5.74) is 0.745. The molecule has 1 saturated heterocycles. The van der Waals surface area contributed by atoms with Crippen LogP contribution < -0.4 is 10.1 Å². The first-order valence-electron chi connectivity index (χ1n) is 6.21. The van der Waals surface area contributed by atoms with Gasteiger partial charge >= 0.3 is 6.03 Å². The van der Waals surface area contributed by atoms with Gasteiger partial charge < -0.3 is 20.1 Å². The molecule has 0 saturated carbocycles. The van der Waals surface area contributed by atoms with Gasteiger partial charge in [0.1, 0.15) is 12.4 Å². The van der Waals surface area contributed by atoms with Gasteiger partial charge in [0.2, 0.25) is 0 Å². The Morgan fingerprint density at radius 3 is 3.00 bits per heavy atom. The summed E-state index contributed by atoms with van der Waals surface area (Å²) in [6.07, 6.45) is -0.585. The van der Waals surface area contributed by atoms with Gasteiger partial charge in [-0.2, -0.15) is 0 Å². The van der Waals surface area contributed by atoms with Gasteiger partial charge in [0.15, 0.2) is 0 Å². The number of hydrogen-bond donors (Lipinski definition) is 2. The molecule has 104 valence electrons. The van der Waals surface area contributed by atoms with E-state index in [2.05, 4.69) is 21.2 Å². The van der Waals surface area contributed by atoms with Crippen molar-refractivity contribution in [2.24, 2.45) is 0 Å². The zero-order valence-electron chi connectivity index (χ0n) is 10.7. The van der Waals surface area contributed by atoms with Crippen molar-refractivity contribution in [3.63, 3.8) is 0 Å². The third-order valence-corrected chi connectivity index (χ3v) is 3.48. The van der Waals surface area contributed by atoms with E-state index in [1.54, 1.807) is 11.8 Å². The van der Waals surface area contributed by atoms with Crippen LogP contribution in [0, 0.1) is 0 Å². The van der Waals surface area contributed by atoms with Crippen LogP contribution in [-0.2, 0) is 0 Å². The average Bonchev–Trinajstić information content (AvgIpc) is 2.75. The molecular formula is C13H17BrN2O3. The van der Waals surface area contributed by atoms with E-state index in [1.165, 1.54) is 0 Å². The minimum absolute atomic E-state index is 0.0476. The molecule has 2 N–H and O–H groups in total. The second kappa shape index (κ2) is 6.25. The van der Waals surface area contributed by atoms with Gasteiger partial charge in [-0.25, -0.2) is 4.79 Å². The van der Waals surface area contributed by atoms with Crippen LogP contribution in [0.3, 0.4) is 0 Å². The van der Waals surface area contributed by atoms with Crippen LogP contribution in [0.25, 0.3) is 0 Å². The molecule has 1 aromatic rings. The van der Waals surface area contributed by atoms with E-state index in [1.807, 2.05) is 18.2 Å². The Kier molecular flexibility index (Phi) is 4.66. The number of nitrogens with one attached hydrogen (secondary N) is 1. The van der Waals surface area contributed by atoms with Crippen molar-refractivity contribution in [1.82, 2.24) is 10.2 Å². The first-order chi connectivity index (χ1) is 9.08. The van der Waals surface area contributed by atoms with Gasteiger partial charge in [-0.05, 0) is 19.1 Å². The Labute approximate surface area is 120 Å². The highest BCUT2D eigenvalue weighted by Gasteiger charge is 2.19. The van der Waals surface area contributed by atoms with Crippen LogP contribution >= 0.6 is 15.9 Å². The van der Waals surface area contributed by atoms with Crippen molar-refractivity contribution in [2.45, 2.75) is 13.0 Å². The molecule has 0 aromatic heterocycles. The standard InChI is InChI=1S/C13H17BrN2O3/c1-9(17)11-3-2-10(14)8-12(11)19-7-6-16-5-4-15-13(16)18/h2-3,8-9,17H,4-7H2,1H3,(H,15,18). The molecule has 0 radical (unpaired) electrons. The molecular weight excluding hydrogens is 312 g/mol. The fourth-order valence-electron chi connectivity index (χ4n) is 1.97. The minimum atomic E-state index is -0.585. The lowest BCUT2D eigenvalue weighted by atomic mass is 10.1. The summed E-state index contributed by atoms with van der Waals surface area (Å²) in [6, 6.07) is 5.47. The summed E-state index contributed by atoms with van der Waals surface area (Å²) < 4.78 is 6.57. The lowest BCUT2D eigenvalue weighted by Crippen LogP contribution is -2.31. The maximum atomic E-state index is 11.4. The number of rotatable bonds is 5. The van der Waals surface area contributed by atoms with Crippen molar-refractivity contribution < 1.29 is 14.6 Å². The fraction of sp³-hybridized carbons (Fsp3) is 0.462. The zero-order valence-corrected chi connectivity index (χ0v) is 12.3. The Hall–Kier alpha value is -1.27. The lowest BCUT2D eigenvalue weighted by Gasteiger charge is -2.17. The smallest absolute Gasteiger partial charge is 0.317 e. The Balaban J connectivity index is 1.95. The van der Waals surface area contributed by atoms with Gasteiger partial charge in [-0.1, -0.05) is 22.0 Å². The SMILES string of the molecule is CC(O)c1ccc(Br)cc1OCCN1CCNC1=O. The largest absolute Gasteiger partial charge is 0.491 e. The number of nitrogens with zero attached hydrogens (tertiary/aromatic N) is 1. The molecule has 5 nitrogen and oxygen atoms in total. The van der Waals surface area contributed by atoms with E-state index in [0.717, 1.165) is 10.0 Å². The number of aliphatic hydroxyl groups excluding tert-OH is 1. The van der Waals surface area contributed by atoms with Gasteiger partial charge in [0.25, 0.3) is 0 Å². The van der Waals surface area contributed by atoms with Crippen LogP contribution in [0.2, 0.25) is 0 Å². The van der Waals surface area contributed by atoms with Crippen LogP contribution in [-0.4, -0.2) is 42.3 Å². The molecule has 6 heteroatoms. The highest BCUT2D eigenvalue weighted by Crippen LogP contribution is 2.28. The summed E-state index contributed by atoms with van der Waals surface area (Å²) in [6.45, 7) is 4.05. The van der Waals surface area contributed by atoms with E-state index in [-0.39, 0.29) is 6.03 Å². The number of ether oxygens (including phenoxy) is 1. The second-order valence-corrected chi connectivity index (χ2v) is 5.34. The molecule has 0 spiro atoms. The number of halogens is 1. The van der Waals surface area contributed by atoms with Crippen LogP contribution in [0.1, 0.15) is 18.6 Å². The number of amides is 2. The molecule has 2 rings (SSSR count). The summed E-state index contributed by atoms with van der Waals surface area (Å²) >= 11 is 3.38. The highest BCUT2D eigenvalue weighted by molar-refractivity contribution is 9.10. The monoisotopic (exact) mass is 328 g/mol. The minimum Gasteiger partial charge on any atom is -0.491 e. The number of carbonyl (C=O) groups is 1. The summed E-state index contributed by atoms with van der Waals surface area (Å²) in [5, 5.41) is 12.4. The predicted octanol–water partition coefficient (Wildman–Crippen LogP) is 1.91. The first-order valence-corrected chi connectivity index (χ1v) is 7.00. The van der Waals surface area contributed by atoms with Crippen LogP contribution in [0.5, 0.6) is 5.75 Å². The molecule has 1 aliphatic rings. The van der Waals surface area contributed by atoms with Crippen molar-refractivity contribution in [3.05, 3.63) is 28.2 Å². The molecule has 1 aliphatic heterocycles. The summed E-state index contributed by atoms with van der Waals surface area (Å²) in [4.78, 5) is 13.1. The van der Waals surface area contributed by atoms with E-state index < -0.39 is 6.10 Å². The number of urea groups is 1. The lowest BCUT2D eigenvalue weighted by molar-refractivity contribution is 0.184. The highest BCUT2D eigenvalue weighted by atomic mass is 79.9.